The smallest absolute Gasteiger partial charge is 0.323 e. The van der Waals surface area contributed by atoms with Crippen molar-refractivity contribution in [2.24, 2.45) is 5.73 Å². The van der Waals surface area contributed by atoms with Gasteiger partial charge in [-0.1, -0.05) is 0 Å². The van der Waals surface area contributed by atoms with E-state index in [0.717, 1.165) is 0 Å². The first kappa shape index (κ1) is 15.9. The largest absolute Gasteiger partial charge is 0.461 e. The number of anilines is 2. The average Bonchev–Trinajstić information content (AvgIpc) is 2.26. The molecule has 1 amide bonds. The van der Waals surface area contributed by atoms with Gasteiger partial charge in [0, 0.05) is 19.0 Å². The molecule has 8 nitrogen and oxygen atoms in total. The predicted octanol–water partition coefficient (Wildman–Crippen LogP) is 0.766. The van der Waals surface area contributed by atoms with Crippen LogP contribution in [0.15, 0.2) is 0 Å². The second-order valence-electron chi connectivity index (χ2n) is 4.68. The van der Waals surface area contributed by atoms with Crippen molar-refractivity contribution in [3.05, 3.63) is 0 Å². The summed E-state index contributed by atoms with van der Waals surface area (Å²) in [6.45, 7) is 8.22. The van der Waals surface area contributed by atoms with E-state index in [9.17, 15) is 4.79 Å². The molecule has 0 saturated heterocycles. The number of nitrogens with two attached hydrogens (primary N) is 1. The van der Waals surface area contributed by atoms with Crippen LogP contribution in [0.2, 0.25) is 0 Å². The molecule has 8 heteroatoms. The van der Waals surface area contributed by atoms with Crippen molar-refractivity contribution in [3.8, 4) is 6.01 Å². The van der Waals surface area contributed by atoms with E-state index in [1.165, 1.54) is 0 Å². The highest BCUT2D eigenvalue weighted by Crippen LogP contribution is 2.13. The summed E-state index contributed by atoms with van der Waals surface area (Å²) in [5.74, 6) is 0.386. The summed E-state index contributed by atoms with van der Waals surface area (Å²) in [4.78, 5) is 23.4. The highest BCUT2D eigenvalue weighted by molar-refractivity contribution is 5.74. The van der Waals surface area contributed by atoms with Crippen molar-refractivity contribution < 1.29 is 9.53 Å². The van der Waals surface area contributed by atoms with Gasteiger partial charge in [-0.15, -0.1) is 0 Å². The minimum Gasteiger partial charge on any atom is -0.461 e. The predicted molar refractivity (Wildman–Crippen MR) is 76.7 cm³/mol. The van der Waals surface area contributed by atoms with E-state index in [0.29, 0.717) is 18.4 Å². The number of amides is 1. The van der Waals surface area contributed by atoms with Gasteiger partial charge in [0.2, 0.25) is 17.8 Å². The number of primary amides is 1. The highest BCUT2D eigenvalue weighted by Gasteiger charge is 2.12. The number of rotatable bonds is 8. The summed E-state index contributed by atoms with van der Waals surface area (Å²) in [5, 5.41) is 6.00. The monoisotopic (exact) mass is 282 g/mol. The Hall–Kier alpha value is -2.12. The fourth-order valence-electron chi connectivity index (χ4n) is 1.49. The summed E-state index contributed by atoms with van der Waals surface area (Å²) in [5.41, 5.74) is 5.15. The van der Waals surface area contributed by atoms with Gasteiger partial charge in [-0.25, -0.2) is 0 Å². The van der Waals surface area contributed by atoms with Crippen LogP contribution >= 0.6 is 0 Å². The van der Waals surface area contributed by atoms with Crippen LogP contribution in [-0.4, -0.2) is 39.5 Å². The molecule has 112 valence electrons. The lowest BCUT2D eigenvalue weighted by molar-refractivity contribution is -0.118. The molecule has 0 radical (unpaired) electrons. The van der Waals surface area contributed by atoms with Gasteiger partial charge in [-0.3, -0.25) is 4.79 Å². The van der Waals surface area contributed by atoms with Crippen LogP contribution in [0.25, 0.3) is 0 Å². The highest BCUT2D eigenvalue weighted by atomic mass is 16.5. The normalized spacial score (nSPS) is 12.1. The van der Waals surface area contributed by atoms with Crippen LogP contribution in [0.3, 0.4) is 0 Å². The van der Waals surface area contributed by atoms with E-state index in [2.05, 4.69) is 25.6 Å². The summed E-state index contributed by atoms with van der Waals surface area (Å²) in [7, 11) is 0. The number of carbonyl (C=O) groups excluding carboxylic acids is 1. The fourth-order valence-corrected chi connectivity index (χ4v) is 1.49. The van der Waals surface area contributed by atoms with E-state index >= 15 is 0 Å². The van der Waals surface area contributed by atoms with Gasteiger partial charge >= 0.3 is 6.01 Å². The molecule has 0 aliphatic rings. The average molecular weight is 282 g/mol. The minimum atomic E-state index is -0.385. The zero-order valence-electron chi connectivity index (χ0n) is 12.3. The Morgan fingerprint density at radius 3 is 2.45 bits per heavy atom. The van der Waals surface area contributed by atoms with Crippen molar-refractivity contribution in [2.45, 2.75) is 46.3 Å². The molecule has 1 heterocycles. The van der Waals surface area contributed by atoms with E-state index in [-0.39, 0.29) is 30.5 Å². The van der Waals surface area contributed by atoms with Gasteiger partial charge < -0.3 is 21.1 Å². The third-order valence-electron chi connectivity index (χ3n) is 2.17. The molecule has 20 heavy (non-hydrogen) atoms. The van der Waals surface area contributed by atoms with Gasteiger partial charge in [0.25, 0.3) is 0 Å². The summed E-state index contributed by atoms with van der Waals surface area (Å²) >= 11 is 0. The Morgan fingerprint density at radius 1 is 1.25 bits per heavy atom. The van der Waals surface area contributed by atoms with Gasteiger partial charge in [0.05, 0.1) is 6.10 Å². The minimum absolute atomic E-state index is 0.0391. The van der Waals surface area contributed by atoms with E-state index < -0.39 is 0 Å². The SMILES string of the molecule is CCNc1nc(NC(C)CC(N)=O)nc(OC(C)C)n1. The van der Waals surface area contributed by atoms with Crippen LogP contribution in [0.5, 0.6) is 6.01 Å². The molecule has 0 bridgehead atoms. The lowest BCUT2D eigenvalue weighted by Gasteiger charge is -2.14. The van der Waals surface area contributed by atoms with Crippen LogP contribution in [-0.2, 0) is 4.79 Å². The van der Waals surface area contributed by atoms with Gasteiger partial charge in [0.1, 0.15) is 0 Å². The number of ether oxygens (including phenoxy) is 1. The summed E-state index contributed by atoms with van der Waals surface area (Å²) in [6, 6.07) is 0.0657. The summed E-state index contributed by atoms with van der Waals surface area (Å²) < 4.78 is 5.47. The van der Waals surface area contributed by atoms with Gasteiger partial charge in [0.15, 0.2) is 0 Å². The quantitative estimate of drug-likeness (QED) is 0.645. The number of aromatic nitrogens is 3. The standard InChI is InChI=1S/C12H22N6O2/c1-5-14-10-16-11(15-8(4)6-9(13)19)18-12(17-10)20-7(2)3/h7-8H,5-6H2,1-4H3,(H2,13,19)(H2,14,15,16,17,18). The van der Waals surface area contributed by atoms with Crippen LogP contribution in [0.4, 0.5) is 11.9 Å². The maximum Gasteiger partial charge on any atom is 0.323 e. The molecule has 1 atom stereocenters. The number of hydrogen-bond donors (Lipinski definition) is 3. The zero-order valence-corrected chi connectivity index (χ0v) is 12.3. The lowest BCUT2D eigenvalue weighted by atomic mass is 10.2. The number of carbonyl (C=O) groups is 1. The zero-order chi connectivity index (χ0) is 15.1. The second kappa shape index (κ2) is 7.46. The first-order valence-electron chi connectivity index (χ1n) is 6.62. The van der Waals surface area contributed by atoms with Crippen molar-refractivity contribution >= 4 is 17.8 Å². The molecule has 1 unspecified atom stereocenters. The maximum absolute atomic E-state index is 10.9. The van der Waals surface area contributed by atoms with Crippen LogP contribution < -0.4 is 21.1 Å². The Kier molecular flexibility index (Phi) is 5.95. The van der Waals surface area contributed by atoms with E-state index in [1.807, 2.05) is 27.7 Å². The number of nitrogens with zero attached hydrogens (tertiary/aromatic N) is 3. The molecule has 0 spiro atoms. The third-order valence-corrected chi connectivity index (χ3v) is 2.17. The Bertz CT molecular complexity index is 452. The van der Waals surface area contributed by atoms with Crippen LogP contribution in [0, 0.1) is 0 Å². The van der Waals surface area contributed by atoms with Crippen molar-refractivity contribution in [2.75, 3.05) is 17.2 Å². The van der Waals surface area contributed by atoms with E-state index in [4.69, 9.17) is 10.5 Å². The Morgan fingerprint density at radius 2 is 1.90 bits per heavy atom. The molecule has 4 N–H and O–H groups in total. The van der Waals surface area contributed by atoms with Crippen molar-refractivity contribution in [1.29, 1.82) is 0 Å². The molecule has 1 rings (SSSR count). The molecule has 0 saturated carbocycles. The Labute approximate surface area is 118 Å². The summed E-state index contributed by atoms with van der Waals surface area (Å²) in [6.07, 6.45) is 0.158. The molecular weight excluding hydrogens is 260 g/mol. The maximum atomic E-state index is 10.9. The third kappa shape index (κ3) is 5.68. The van der Waals surface area contributed by atoms with Gasteiger partial charge in [-0.05, 0) is 27.7 Å². The molecule has 0 aliphatic heterocycles. The van der Waals surface area contributed by atoms with Gasteiger partial charge in [-0.2, -0.15) is 15.0 Å². The second-order valence-corrected chi connectivity index (χ2v) is 4.68. The number of hydrogen-bond acceptors (Lipinski definition) is 7. The first-order valence-corrected chi connectivity index (χ1v) is 6.62. The topological polar surface area (TPSA) is 115 Å². The molecule has 1 aromatic rings. The van der Waals surface area contributed by atoms with Crippen LogP contribution in [0.1, 0.15) is 34.1 Å². The van der Waals surface area contributed by atoms with E-state index in [1.54, 1.807) is 0 Å². The molecule has 1 aromatic heterocycles. The Balaban J connectivity index is 2.87. The molecule has 0 aromatic carbocycles. The number of nitrogens with one attached hydrogen (secondary N) is 2. The molecular formula is C12H22N6O2. The van der Waals surface area contributed by atoms with Crippen molar-refractivity contribution in [3.63, 3.8) is 0 Å². The fraction of sp³-hybridized carbons (Fsp3) is 0.667. The van der Waals surface area contributed by atoms with Crippen molar-refractivity contribution in [1.82, 2.24) is 15.0 Å². The first-order chi connectivity index (χ1) is 9.40. The molecule has 0 fully saturated rings. The molecule has 0 aliphatic carbocycles. The lowest BCUT2D eigenvalue weighted by Crippen LogP contribution is -2.25.